The van der Waals surface area contributed by atoms with Crippen LogP contribution in [-0.4, -0.2) is 38.2 Å². The molecule has 5 nitrogen and oxygen atoms in total. The van der Waals surface area contributed by atoms with Crippen molar-refractivity contribution in [1.82, 2.24) is 25.1 Å². The van der Waals surface area contributed by atoms with Crippen molar-refractivity contribution in [1.29, 1.82) is 0 Å². The largest absolute Gasteiger partial charge is 0.296 e. The van der Waals surface area contributed by atoms with Gasteiger partial charge in [0.25, 0.3) is 0 Å². The van der Waals surface area contributed by atoms with Crippen LogP contribution in [0.4, 0.5) is 0 Å². The molecule has 2 fully saturated rings. The zero-order valence-electron chi connectivity index (χ0n) is 13.8. The third-order valence-electron chi connectivity index (χ3n) is 5.44. The standard InChI is InChI=1S/C18H25N5/c1-22(13-18-19-20-21-23(18)17-11-12-17)16-9-7-15(8-10-16)14-5-3-2-4-6-14/h2-6,15-17H,7-13H2,1H3. The summed E-state index contributed by atoms with van der Waals surface area (Å²) in [6, 6.07) is 12.2. The summed E-state index contributed by atoms with van der Waals surface area (Å²) in [5, 5.41) is 12.3. The maximum Gasteiger partial charge on any atom is 0.165 e. The Balaban J connectivity index is 1.34. The van der Waals surface area contributed by atoms with Crippen molar-refractivity contribution < 1.29 is 0 Å². The van der Waals surface area contributed by atoms with Gasteiger partial charge in [-0.05, 0) is 67.5 Å². The Labute approximate surface area is 137 Å². The van der Waals surface area contributed by atoms with E-state index < -0.39 is 0 Å². The molecule has 1 aromatic carbocycles. The highest BCUT2D eigenvalue weighted by Crippen LogP contribution is 2.36. The molecule has 23 heavy (non-hydrogen) atoms. The summed E-state index contributed by atoms with van der Waals surface area (Å²) >= 11 is 0. The molecule has 0 unspecified atom stereocenters. The zero-order chi connectivity index (χ0) is 15.6. The molecule has 1 aromatic heterocycles. The number of hydrogen-bond donors (Lipinski definition) is 0. The molecule has 2 aliphatic rings. The first kappa shape index (κ1) is 14.8. The van der Waals surface area contributed by atoms with Crippen LogP contribution in [0.3, 0.4) is 0 Å². The molecule has 0 N–H and O–H groups in total. The van der Waals surface area contributed by atoms with Crippen LogP contribution in [0.1, 0.15) is 61.9 Å². The van der Waals surface area contributed by atoms with Crippen LogP contribution in [0.2, 0.25) is 0 Å². The molecule has 2 aromatic rings. The molecule has 0 atom stereocenters. The van der Waals surface area contributed by atoms with Crippen molar-refractivity contribution in [2.45, 2.75) is 63.1 Å². The van der Waals surface area contributed by atoms with Gasteiger partial charge in [-0.3, -0.25) is 4.90 Å². The van der Waals surface area contributed by atoms with Crippen LogP contribution in [0.25, 0.3) is 0 Å². The van der Waals surface area contributed by atoms with Crippen molar-refractivity contribution in [2.75, 3.05) is 7.05 Å². The highest BCUT2D eigenvalue weighted by Gasteiger charge is 2.30. The maximum absolute atomic E-state index is 4.23. The number of hydrogen-bond acceptors (Lipinski definition) is 4. The molecular weight excluding hydrogens is 286 g/mol. The monoisotopic (exact) mass is 311 g/mol. The molecule has 4 rings (SSSR count). The van der Waals surface area contributed by atoms with Crippen molar-refractivity contribution in [3.8, 4) is 0 Å². The van der Waals surface area contributed by atoms with E-state index in [1.54, 1.807) is 0 Å². The molecule has 5 heteroatoms. The molecule has 2 aliphatic carbocycles. The van der Waals surface area contributed by atoms with Crippen LogP contribution >= 0.6 is 0 Å². The van der Waals surface area contributed by atoms with E-state index in [0.717, 1.165) is 18.3 Å². The lowest BCUT2D eigenvalue weighted by molar-refractivity contribution is 0.169. The van der Waals surface area contributed by atoms with Gasteiger partial charge in [0.05, 0.1) is 12.6 Å². The van der Waals surface area contributed by atoms with Crippen LogP contribution in [0.5, 0.6) is 0 Å². The van der Waals surface area contributed by atoms with E-state index in [1.165, 1.54) is 44.1 Å². The van der Waals surface area contributed by atoms with Crippen LogP contribution in [0, 0.1) is 0 Å². The highest BCUT2D eigenvalue weighted by atomic mass is 15.6. The Morgan fingerprint density at radius 1 is 1.04 bits per heavy atom. The van der Waals surface area contributed by atoms with Gasteiger partial charge in [-0.1, -0.05) is 30.3 Å². The Morgan fingerprint density at radius 2 is 1.78 bits per heavy atom. The first-order chi connectivity index (χ1) is 11.3. The molecule has 1 heterocycles. The minimum Gasteiger partial charge on any atom is -0.296 e. The van der Waals surface area contributed by atoms with E-state index in [4.69, 9.17) is 0 Å². The fourth-order valence-corrected chi connectivity index (χ4v) is 3.85. The van der Waals surface area contributed by atoms with Gasteiger partial charge >= 0.3 is 0 Å². The van der Waals surface area contributed by atoms with Crippen LogP contribution < -0.4 is 0 Å². The number of rotatable bonds is 5. The first-order valence-corrected chi connectivity index (χ1v) is 8.83. The van der Waals surface area contributed by atoms with E-state index in [9.17, 15) is 0 Å². The second-order valence-corrected chi connectivity index (χ2v) is 7.10. The number of tetrazole rings is 1. The van der Waals surface area contributed by atoms with Crippen molar-refractivity contribution in [3.63, 3.8) is 0 Å². The molecule has 0 radical (unpaired) electrons. The van der Waals surface area contributed by atoms with Gasteiger partial charge < -0.3 is 0 Å². The van der Waals surface area contributed by atoms with Crippen molar-refractivity contribution in [3.05, 3.63) is 41.7 Å². The zero-order valence-corrected chi connectivity index (χ0v) is 13.8. The minimum atomic E-state index is 0.558. The fourth-order valence-electron chi connectivity index (χ4n) is 3.85. The topological polar surface area (TPSA) is 46.8 Å². The molecule has 0 saturated heterocycles. The van der Waals surface area contributed by atoms with Gasteiger partial charge in [0.2, 0.25) is 0 Å². The highest BCUT2D eigenvalue weighted by molar-refractivity contribution is 5.20. The summed E-state index contributed by atoms with van der Waals surface area (Å²) < 4.78 is 2.03. The third-order valence-corrected chi connectivity index (χ3v) is 5.44. The van der Waals surface area contributed by atoms with Gasteiger partial charge in [-0.25, -0.2) is 4.68 Å². The fraction of sp³-hybridized carbons (Fsp3) is 0.611. The van der Waals surface area contributed by atoms with E-state index in [2.05, 4.69) is 57.8 Å². The lowest BCUT2D eigenvalue weighted by atomic mass is 9.81. The summed E-state index contributed by atoms with van der Waals surface area (Å²) in [6.07, 6.45) is 7.55. The smallest absolute Gasteiger partial charge is 0.165 e. The molecule has 0 bridgehead atoms. The molecular formula is C18H25N5. The Bertz CT molecular complexity index is 626. The molecule has 2 saturated carbocycles. The molecule has 0 aliphatic heterocycles. The summed E-state index contributed by atoms with van der Waals surface area (Å²) in [5.74, 6) is 1.76. The quantitative estimate of drug-likeness (QED) is 0.851. The van der Waals surface area contributed by atoms with E-state index in [0.29, 0.717) is 12.1 Å². The minimum absolute atomic E-state index is 0.558. The normalized spacial score (nSPS) is 25.0. The van der Waals surface area contributed by atoms with E-state index >= 15 is 0 Å². The average molecular weight is 311 g/mol. The molecule has 0 spiro atoms. The summed E-state index contributed by atoms with van der Waals surface area (Å²) in [6.45, 7) is 0.865. The predicted molar refractivity (Wildman–Crippen MR) is 89.0 cm³/mol. The van der Waals surface area contributed by atoms with Gasteiger partial charge in [0.1, 0.15) is 0 Å². The Kier molecular flexibility index (Phi) is 4.12. The van der Waals surface area contributed by atoms with E-state index in [-0.39, 0.29) is 0 Å². The Morgan fingerprint density at radius 3 is 2.48 bits per heavy atom. The second kappa shape index (κ2) is 6.40. The van der Waals surface area contributed by atoms with Crippen LogP contribution in [-0.2, 0) is 6.54 Å². The molecule has 122 valence electrons. The summed E-state index contributed by atoms with van der Waals surface area (Å²) in [5.41, 5.74) is 1.51. The number of aromatic nitrogens is 4. The lowest BCUT2D eigenvalue weighted by Gasteiger charge is -2.34. The van der Waals surface area contributed by atoms with Gasteiger partial charge in [-0.2, -0.15) is 0 Å². The second-order valence-electron chi connectivity index (χ2n) is 7.10. The average Bonchev–Trinajstić information content (AvgIpc) is 3.35. The predicted octanol–water partition coefficient (Wildman–Crippen LogP) is 3.17. The maximum atomic E-state index is 4.23. The Hall–Kier alpha value is -1.75. The van der Waals surface area contributed by atoms with Gasteiger partial charge in [0, 0.05) is 6.04 Å². The number of nitrogens with zero attached hydrogens (tertiary/aromatic N) is 5. The summed E-state index contributed by atoms with van der Waals surface area (Å²) in [7, 11) is 2.22. The van der Waals surface area contributed by atoms with Crippen molar-refractivity contribution >= 4 is 0 Å². The lowest BCUT2D eigenvalue weighted by Crippen LogP contribution is -2.35. The molecule has 0 amide bonds. The van der Waals surface area contributed by atoms with Crippen molar-refractivity contribution in [2.24, 2.45) is 0 Å². The SMILES string of the molecule is CN(Cc1nnnn1C1CC1)C1CCC(c2ccccc2)CC1. The first-order valence-electron chi connectivity index (χ1n) is 8.83. The van der Waals surface area contributed by atoms with Gasteiger partial charge in [0.15, 0.2) is 5.82 Å². The van der Waals surface area contributed by atoms with Gasteiger partial charge in [-0.15, -0.1) is 5.10 Å². The number of benzene rings is 1. The van der Waals surface area contributed by atoms with E-state index in [1.807, 2.05) is 4.68 Å². The third kappa shape index (κ3) is 3.29. The van der Waals surface area contributed by atoms with Crippen LogP contribution in [0.15, 0.2) is 30.3 Å². The summed E-state index contributed by atoms with van der Waals surface area (Å²) in [4.78, 5) is 2.45.